The second-order valence-electron chi connectivity index (χ2n) is 5.25. The number of thioether (sulfide) groups is 1. The number of hydrogen-bond donors (Lipinski definition) is 0. The van der Waals surface area contributed by atoms with Crippen LogP contribution in [0, 0.1) is 6.92 Å². The quantitative estimate of drug-likeness (QED) is 0.774. The molecule has 0 spiro atoms. The first-order chi connectivity index (χ1) is 10.1. The predicted octanol–water partition coefficient (Wildman–Crippen LogP) is 4.13. The first kappa shape index (κ1) is 15.6. The van der Waals surface area contributed by atoms with E-state index >= 15 is 0 Å². The highest BCUT2D eigenvalue weighted by Crippen LogP contribution is 2.24. The van der Waals surface area contributed by atoms with Gasteiger partial charge in [0.2, 0.25) is 5.91 Å². The zero-order valence-electron chi connectivity index (χ0n) is 12.7. The van der Waals surface area contributed by atoms with E-state index in [-0.39, 0.29) is 11.2 Å². The summed E-state index contributed by atoms with van der Waals surface area (Å²) in [5.41, 5.74) is 2.40. The maximum Gasteiger partial charge on any atom is 0.235 e. The average molecular weight is 299 g/mol. The molecule has 0 aromatic heterocycles. The molecule has 2 aromatic carbocycles. The Bertz CT molecular complexity index is 580. The van der Waals surface area contributed by atoms with Crippen LogP contribution in [0.2, 0.25) is 0 Å². The largest absolute Gasteiger partial charge is 0.340 e. The maximum atomic E-state index is 12.4. The fourth-order valence-electron chi connectivity index (χ4n) is 2.11. The zero-order valence-corrected chi connectivity index (χ0v) is 13.6. The number of aryl methyl sites for hydroxylation is 1. The molecule has 1 unspecified atom stereocenters. The summed E-state index contributed by atoms with van der Waals surface area (Å²) in [6, 6.07) is 18.4. The molecular weight excluding hydrogens is 278 g/mol. The van der Waals surface area contributed by atoms with Crippen LogP contribution >= 0.6 is 11.8 Å². The highest BCUT2D eigenvalue weighted by Gasteiger charge is 2.18. The van der Waals surface area contributed by atoms with Crippen molar-refractivity contribution in [2.75, 3.05) is 7.05 Å². The molecule has 0 radical (unpaired) electrons. The molecule has 0 N–H and O–H groups in total. The van der Waals surface area contributed by atoms with Crippen LogP contribution in [-0.2, 0) is 11.3 Å². The highest BCUT2D eigenvalue weighted by atomic mass is 32.2. The Labute approximate surface area is 131 Å². The minimum Gasteiger partial charge on any atom is -0.340 e. The van der Waals surface area contributed by atoms with Crippen LogP contribution < -0.4 is 0 Å². The third-order valence-electron chi connectivity index (χ3n) is 3.32. The number of carbonyl (C=O) groups excluding carboxylic acids is 1. The van der Waals surface area contributed by atoms with Gasteiger partial charge in [0.25, 0.3) is 0 Å². The maximum absolute atomic E-state index is 12.4. The summed E-state index contributed by atoms with van der Waals surface area (Å²) in [6.07, 6.45) is 0. The molecule has 2 aromatic rings. The summed E-state index contributed by atoms with van der Waals surface area (Å²) in [6.45, 7) is 4.68. The van der Waals surface area contributed by atoms with Crippen LogP contribution in [0.25, 0.3) is 0 Å². The van der Waals surface area contributed by atoms with Crippen LogP contribution in [0.5, 0.6) is 0 Å². The molecule has 0 heterocycles. The van der Waals surface area contributed by atoms with Crippen LogP contribution in [0.1, 0.15) is 18.1 Å². The lowest BCUT2D eigenvalue weighted by Crippen LogP contribution is -2.32. The molecule has 0 saturated carbocycles. The monoisotopic (exact) mass is 299 g/mol. The number of amides is 1. The summed E-state index contributed by atoms with van der Waals surface area (Å²) in [7, 11) is 1.87. The van der Waals surface area contributed by atoms with E-state index in [1.54, 1.807) is 16.7 Å². The first-order valence-electron chi connectivity index (χ1n) is 7.08. The molecule has 21 heavy (non-hydrogen) atoms. The molecule has 2 nitrogen and oxygen atoms in total. The SMILES string of the molecule is Cc1ccc(CN(C)C(=O)C(C)Sc2ccccc2)cc1. The van der Waals surface area contributed by atoms with Crippen LogP contribution in [0.15, 0.2) is 59.5 Å². The van der Waals surface area contributed by atoms with E-state index < -0.39 is 0 Å². The molecule has 0 bridgehead atoms. The fraction of sp³-hybridized carbons (Fsp3) is 0.278. The molecule has 0 aliphatic carbocycles. The molecule has 0 fully saturated rings. The third kappa shape index (κ3) is 4.64. The fourth-order valence-corrected chi connectivity index (χ4v) is 3.11. The Morgan fingerprint density at radius 1 is 1.10 bits per heavy atom. The minimum atomic E-state index is -0.0807. The van der Waals surface area contributed by atoms with Gasteiger partial charge >= 0.3 is 0 Å². The van der Waals surface area contributed by atoms with Crippen LogP contribution in [0.4, 0.5) is 0 Å². The number of hydrogen-bond acceptors (Lipinski definition) is 2. The van der Waals surface area contributed by atoms with E-state index in [0.717, 1.165) is 10.5 Å². The lowest BCUT2D eigenvalue weighted by Gasteiger charge is -2.21. The molecule has 1 amide bonds. The van der Waals surface area contributed by atoms with Crippen LogP contribution in [-0.4, -0.2) is 23.1 Å². The summed E-state index contributed by atoms with van der Waals surface area (Å²) >= 11 is 1.60. The standard InChI is InChI=1S/C18H21NOS/c1-14-9-11-16(12-10-14)13-19(3)18(20)15(2)21-17-7-5-4-6-8-17/h4-12,15H,13H2,1-3H3. The van der Waals surface area contributed by atoms with Crippen molar-refractivity contribution in [2.45, 2.75) is 30.5 Å². The summed E-state index contributed by atoms with van der Waals surface area (Å²) in [5.74, 6) is 0.157. The van der Waals surface area contributed by atoms with E-state index in [0.29, 0.717) is 6.54 Å². The van der Waals surface area contributed by atoms with E-state index in [9.17, 15) is 4.79 Å². The molecule has 0 saturated heterocycles. The van der Waals surface area contributed by atoms with Crippen molar-refractivity contribution < 1.29 is 4.79 Å². The average Bonchev–Trinajstić information content (AvgIpc) is 2.49. The second kappa shape index (κ2) is 7.32. The van der Waals surface area contributed by atoms with Gasteiger partial charge in [0.15, 0.2) is 0 Å². The van der Waals surface area contributed by atoms with Gasteiger partial charge in [-0.25, -0.2) is 0 Å². The first-order valence-corrected chi connectivity index (χ1v) is 7.96. The highest BCUT2D eigenvalue weighted by molar-refractivity contribution is 8.00. The van der Waals surface area contributed by atoms with Gasteiger partial charge in [0, 0.05) is 18.5 Å². The van der Waals surface area contributed by atoms with Gasteiger partial charge in [0.1, 0.15) is 0 Å². The molecule has 110 valence electrons. The van der Waals surface area contributed by atoms with Gasteiger partial charge in [-0.05, 0) is 31.5 Å². The third-order valence-corrected chi connectivity index (χ3v) is 4.42. The lowest BCUT2D eigenvalue weighted by molar-refractivity contribution is -0.129. The lowest BCUT2D eigenvalue weighted by atomic mass is 10.1. The molecular formula is C18H21NOS. The van der Waals surface area contributed by atoms with E-state index in [1.165, 1.54) is 5.56 Å². The van der Waals surface area contributed by atoms with Crippen molar-refractivity contribution in [3.05, 3.63) is 65.7 Å². The van der Waals surface area contributed by atoms with Crippen molar-refractivity contribution >= 4 is 17.7 Å². The zero-order chi connectivity index (χ0) is 15.2. The number of rotatable bonds is 5. The second-order valence-corrected chi connectivity index (χ2v) is 6.67. The predicted molar refractivity (Wildman–Crippen MR) is 89.4 cm³/mol. The molecule has 3 heteroatoms. The molecule has 2 rings (SSSR count). The normalized spacial score (nSPS) is 12.0. The Kier molecular flexibility index (Phi) is 5.45. The smallest absolute Gasteiger partial charge is 0.235 e. The molecule has 1 atom stereocenters. The summed E-state index contributed by atoms with van der Waals surface area (Å²) in [4.78, 5) is 15.3. The number of nitrogens with zero attached hydrogens (tertiary/aromatic N) is 1. The minimum absolute atomic E-state index is 0.0807. The van der Waals surface area contributed by atoms with Gasteiger partial charge in [-0.3, -0.25) is 4.79 Å². The van der Waals surface area contributed by atoms with Crippen molar-refractivity contribution in [1.29, 1.82) is 0 Å². The number of benzene rings is 2. The van der Waals surface area contributed by atoms with Crippen molar-refractivity contribution in [3.8, 4) is 0 Å². The Hall–Kier alpha value is -1.74. The molecule has 0 aliphatic rings. The van der Waals surface area contributed by atoms with E-state index in [4.69, 9.17) is 0 Å². The molecule has 0 aliphatic heterocycles. The van der Waals surface area contributed by atoms with Crippen molar-refractivity contribution in [2.24, 2.45) is 0 Å². The Balaban J connectivity index is 1.93. The Morgan fingerprint density at radius 2 is 1.71 bits per heavy atom. The van der Waals surface area contributed by atoms with E-state index in [1.807, 2.05) is 44.3 Å². The van der Waals surface area contributed by atoms with Gasteiger partial charge in [-0.2, -0.15) is 0 Å². The van der Waals surface area contributed by atoms with E-state index in [2.05, 4.69) is 31.2 Å². The van der Waals surface area contributed by atoms with Gasteiger partial charge in [-0.15, -0.1) is 11.8 Å². The van der Waals surface area contributed by atoms with Gasteiger partial charge < -0.3 is 4.90 Å². The van der Waals surface area contributed by atoms with Gasteiger partial charge in [0.05, 0.1) is 5.25 Å². The van der Waals surface area contributed by atoms with Crippen molar-refractivity contribution in [1.82, 2.24) is 4.90 Å². The summed E-state index contributed by atoms with van der Waals surface area (Å²) < 4.78 is 0. The number of carbonyl (C=O) groups is 1. The van der Waals surface area contributed by atoms with Crippen LogP contribution in [0.3, 0.4) is 0 Å². The van der Waals surface area contributed by atoms with Crippen molar-refractivity contribution in [3.63, 3.8) is 0 Å². The summed E-state index contributed by atoms with van der Waals surface area (Å²) in [5, 5.41) is -0.0807. The Morgan fingerprint density at radius 3 is 2.33 bits per heavy atom. The van der Waals surface area contributed by atoms with Gasteiger partial charge in [-0.1, -0.05) is 48.0 Å². The topological polar surface area (TPSA) is 20.3 Å².